The van der Waals surface area contributed by atoms with E-state index < -0.39 is 18.2 Å². The summed E-state index contributed by atoms with van der Waals surface area (Å²) in [4.78, 5) is 21.0. The van der Waals surface area contributed by atoms with Gasteiger partial charge in [-0.05, 0) is 12.1 Å². The molecule has 0 spiro atoms. The number of carbonyl (C=O) groups excluding carboxylic acids is 1. The van der Waals surface area contributed by atoms with Crippen molar-refractivity contribution in [2.75, 3.05) is 28.3 Å². The first-order valence-corrected chi connectivity index (χ1v) is 6.95. The molecule has 1 aromatic rings. The summed E-state index contributed by atoms with van der Waals surface area (Å²) in [5.41, 5.74) is 0.116. The first-order chi connectivity index (χ1) is 11.5. The number of benzene rings is 1. The van der Waals surface area contributed by atoms with Gasteiger partial charge in [0, 0.05) is 27.3 Å². The lowest BCUT2D eigenvalue weighted by Gasteiger charge is -2.25. The number of hydroxylamine groups is 2. The first kappa shape index (κ1) is 17.7. The molecule has 8 nitrogen and oxygen atoms in total. The number of rotatable bonds is 5. The van der Waals surface area contributed by atoms with Gasteiger partial charge in [-0.25, -0.2) is 4.79 Å². The molecule has 1 aliphatic heterocycles. The van der Waals surface area contributed by atoms with Crippen molar-refractivity contribution < 1.29 is 28.3 Å². The highest BCUT2D eigenvalue weighted by Crippen LogP contribution is 2.23. The van der Waals surface area contributed by atoms with Crippen LogP contribution in [0.15, 0.2) is 41.2 Å². The van der Waals surface area contributed by atoms with Crippen LogP contribution in [0.2, 0.25) is 0 Å². The standard InChI is InChI=1S/C15H18FN3O5/c1-18(2)24-14(20)10-7-5-6-8-11(10)23-15-17-12(21-3)9-13(22-4)19(15)16/h5-9,13H,1-4H3. The lowest BCUT2D eigenvalue weighted by Crippen LogP contribution is -2.40. The van der Waals surface area contributed by atoms with Gasteiger partial charge in [0.1, 0.15) is 11.3 Å². The molecule has 1 unspecified atom stereocenters. The molecule has 1 aliphatic rings. The summed E-state index contributed by atoms with van der Waals surface area (Å²) in [6.45, 7) is 0. The van der Waals surface area contributed by atoms with Gasteiger partial charge >= 0.3 is 12.0 Å². The Balaban J connectivity index is 2.29. The van der Waals surface area contributed by atoms with E-state index in [1.165, 1.54) is 37.5 Å². The Labute approximate surface area is 138 Å². The van der Waals surface area contributed by atoms with E-state index in [2.05, 4.69) is 4.99 Å². The van der Waals surface area contributed by atoms with Crippen LogP contribution in [-0.4, -0.2) is 56.7 Å². The van der Waals surface area contributed by atoms with E-state index in [0.29, 0.717) is 0 Å². The molecule has 24 heavy (non-hydrogen) atoms. The molecular formula is C15H18FN3O5. The number of amidine groups is 1. The Morgan fingerprint density at radius 3 is 2.62 bits per heavy atom. The molecule has 0 aliphatic carbocycles. The molecule has 0 fully saturated rings. The zero-order valence-electron chi connectivity index (χ0n) is 13.7. The zero-order valence-corrected chi connectivity index (χ0v) is 13.7. The minimum Gasteiger partial charge on any atom is -0.481 e. The second-order valence-corrected chi connectivity index (χ2v) is 4.83. The molecule has 0 bridgehead atoms. The lowest BCUT2D eigenvalue weighted by atomic mass is 10.2. The molecule has 1 aromatic carbocycles. The normalized spacial score (nSPS) is 17.2. The van der Waals surface area contributed by atoms with Gasteiger partial charge in [0.05, 0.1) is 7.11 Å². The third-order valence-electron chi connectivity index (χ3n) is 2.92. The van der Waals surface area contributed by atoms with Crippen LogP contribution in [0.25, 0.3) is 0 Å². The number of aliphatic imine (C=N–C) groups is 1. The number of halogens is 1. The van der Waals surface area contributed by atoms with Crippen molar-refractivity contribution in [2.24, 2.45) is 4.99 Å². The van der Waals surface area contributed by atoms with E-state index in [1.807, 2.05) is 0 Å². The van der Waals surface area contributed by atoms with Gasteiger partial charge in [0.25, 0.3) is 0 Å². The predicted octanol–water partition coefficient (Wildman–Crippen LogP) is 1.72. The van der Waals surface area contributed by atoms with Crippen molar-refractivity contribution in [1.29, 1.82) is 0 Å². The molecule has 1 atom stereocenters. The van der Waals surface area contributed by atoms with E-state index in [1.54, 1.807) is 26.2 Å². The summed E-state index contributed by atoms with van der Waals surface area (Å²) in [5.74, 6) is -0.444. The van der Waals surface area contributed by atoms with Crippen molar-refractivity contribution in [1.82, 2.24) is 10.2 Å². The van der Waals surface area contributed by atoms with Gasteiger partial charge in [-0.15, -0.1) is 10.2 Å². The SMILES string of the molecule is COC1=CC(OC)N(F)C(Oc2ccccc2C(=O)ON(C)C)=N1. The number of hydrogen-bond donors (Lipinski definition) is 0. The Morgan fingerprint density at radius 2 is 2.00 bits per heavy atom. The molecule has 9 heteroatoms. The smallest absolute Gasteiger partial charge is 0.360 e. The molecule has 0 saturated heterocycles. The summed E-state index contributed by atoms with van der Waals surface area (Å²) in [7, 11) is 5.84. The van der Waals surface area contributed by atoms with Crippen LogP contribution in [-0.2, 0) is 14.3 Å². The minimum absolute atomic E-state index is 0.0814. The second kappa shape index (κ2) is 7.75. The number of carbonyl (C=O) groups is 1. The molecule has 0 N–H and O–H groups in total. The number of nitrogens with zero attached hydrogens (tertiary/aromatic N) is 3. The number of para-hydroxylation sites is 1. The third-order valence-corrected chi connectivity index (χ3v) is 2.92. The fourth-order valence-corrected chi connectivity index (χ4v) is 1.85. The molecular weight excluding hydrogens is 321 g/mol. The zero-order chi connectivity index (χ0) is 17.7. The Kier molecular flexibility index (Phi) is 5.72. The maximum absolute atomic E-state index is 14.3. The van der Waals surface area contributed by atoms with Crippen molar-refractivity contribution in [3.8, 4) is 5.75 Å². The average molecular weight is 339 g/mol. The predicted molar refractivity (Wildman–Crippen MR) is 82.4 cm³/mol. The van der Waals surface area contributed by atoms with Crippen LogP contribution >= 0.6 is 0 Å². The lowest BCUT2D eigenvalue weighted by molar-refractivity contribution is -0.0744. The van der Waals surface area contributed by atoms with Gasteiger partial charge in [-0.3, -0.25) is 0 Å². The minimum atomic E-state index is -1.06. The van der Waals surface area contributed by atoms with Crippen LogP contribution in [0.4, 0.5) is 4.48 Å². The van der Waals surface area contributed by atoms with Crippen molar-refractivity contribution >= 4 is 12.0 Å². The first-order valence-electron chi connectivity index (χ1n) is 6.95. The molecule has 0 aromatic heterocycles. The maximum Gasteiger partial charge on any atom is 0.360 e. The molecule has 1 heterocycles. The molecule has 2 rings (SSSR count). The van der Waals surface area contributed by atoms with Crippen LogP contribution in [0.5, 0.6) is 5.75 Å². The summed E-state index contributed by atoms with van der Waals surface area (Å²) >= 11 is 0. The summed E-state index contributed by atoms with van der Waals surface area (Å²) in [6, 6.07) is 5.83. The monoisotopic (exact) mass is 339 g/mol. The number of hydrogen-bond acceptors (Lipinski definition) is 8. The number of ether oxygens (including phenoxy) is 3. The van der Waals surface area contributed by atoms with Gasteiger partial charge in [-0.1, -0.05) is 16.6 Å². The second-order valence-electron chi connectivity index (χ2n) is 4.83. The summed E-state index contributed by atoms with van der Waals surface area (Å²) < 4.78 is 29.7. The van der Waals surface area contributed by atoms with E-state index >= 15 is 0 Å². The van der Waals surface area contributed by atoms with E-state index in [0.717, 1.165) is 0 Å². The van der Waals surface area contributed by atoms with E-state index in [9.17, 15) is 9.28 Å². The van der Waals surface area contributed by atoms with Crippen LogP contribution in [0, 0.1) is 0 Å². The quantitative estimate of drug-likeness (QED) is 0.597. The summed E-state index contributed by atoms with van der Waals surface area (Å²) in [6.07, 6.45) is 0.271. The fraction of sp³-hybridized carbons (Fsp3) is 0.333. The largest absolute Gasteiger partial charge is 0.481 e. The maximum atomic E-state index is 14.3. The van der Waals surface area contributed by atoms with E-state index in [4.69, 9.17) is 19.0 Å². The van der Waals surface area contributed by atoms with E-state index in [-0.39, 0.29) is 22.3 Å². The third kappa shape index (κ3) is 4.00. The molecule has 130 valence electrons. The van der Waals surface area contributed by atoms with Crippen LogP contribution < -0.4 is 4.74 Å². The summed E-state index contributed by atoms with van der Waals surface area (Å²) in [5, 5.41) is 1.42. The van der Waals surface area contributed by atoms with Crippen molar-refractivity contribution in [3.63, 3.8) is 0 Å². The van der Waals surface area contributed by atoms with Crippen LogP contribution in [0.3, 0.4) is 0 Å². The average Bonchev–Trinajstić information content (AvgIpc) is 2.56. The highest BCUT2D eigenvalue weighted by atomic mass is 19.2. The molecule has 0 radical (unpaired) electrons. The fourth-order valence-electron chi connectivity index (χ4n) is 1.85. The molecule has 0 amide bonds. The Hall–Kier alpha value is -2.65. The van der Waals surface area contributed by atoms with Gasteiger partial charge in [-0.2, -0.15) is 4.99 Å². The van der Waals surface area contributed by atoms with Crippen molar-refractivity contribution in [2.45, 2.75) is 6.23 Å². The van der Waals surface area contributed by atoms with Crippen molar-refractivity contribution in [3.05, 3.63) is 41.8 Å². The molecule has 0 saturated carbocycles. The highest BCUT2D eigenvalue weighted by molar-refractivity contribution is 5.93. The number of methoxy groups -OCH3 is 2. The Morgan fingerprint density at radius 1 is 1.29 bits per heavy atom. The van der Waals surface area contributed by atoms with Crippen LogP contribution in [0.1, 0.15) is 10.4 Å². The topological polar surface area (TPSA) is 72.8 Å². The Bertz CT molecular complexity index is 662. The van der Waals surface area contributed by atoms with Gasteiger partial charge in [0.15, 0.2) is 6.23 Å². The van der Waals surface area contributed by atoms with Gasteiger partial charge < -0.3 is 19.0 Å². The van der Waals surface area contributed by atoms with Gasteiger partial charge in [0.2, 0.25) is 5.88 Å². The highest BCUT2D eigenvalue weighted by Gasteiger charge is 2.29.